The van der Waals surface area contributed by atoms with Crippen LogP contribution >= 0.6 is 11.6 Å². The Kier molecular flexibility index (Phi) is 10.8. The number of hydrogen-bond donors (Lipinski definition) is 3. The van der Waals surface area contributed by atoms with E-state index in [1.54, 1.807) is 0 Å². The van der Waals surface area contributed by atoms with E-state index in [4.69, 9.17) is 11.6 Å². The molecule has 0 aliphatic heterocycles. The lowest BCUT2D eigenvalue weighted by atomic mass is 9.73. The summed E-state index contributed by atoms with van der Waals surface area (Å²) in [4.78, 5) is 8.49. The van der Waals surface area contributed by atoms with Crippen LogP contribution in [0.15, 0.2) is 30.5 Å². The molecule has 2 aliphatic carbocycles. The second-order valence-electron chi connectivity index (χ2n) is 11.1. The lowest BCUT2D eigenvalue weighted by Gasteiger charge is -2.36. The molecule has 0 bridgehead atoms. The van der Waals surface area contributed by atoms with Crippen LogP contribution in [0, 0.1) is 29.5 Å². The van der Waals surface area contributed by atoms with Crippen molar-refractivity contribution >= 4 is 23.4 Å². The summed E-state index contributed by atoms with van der Waals surface area (Å²) >= 11 is 6.23. The van der Waals surface area contributed by atoms with Gasteiger partial charge in [-0.05, 0) is 93.3 Å². The third-order valence-electron chi connectivity index (χ3n) is 8.04. The predicted octanol–water partition coefficient (Wildman–Crippen LogP) is 7.24. The van der Waals surface area contributed by atoms with Crippen molar-refractivity contribution in [2.45, 2.75) is 77.4 Å². The smallest absolute Gasteiger partial charge is 0.225 e. The van der Waals surface area contributed by atoms with Crippen LogP contribution < -0.4 is 16.0 Å². The van der Waals surface area contributed by atoms with Crippen molar-refractivity contribution in [2.24, 2.45) is 23.7 Å². The monoisotopic (exact) mass is 533 g/mol. The molecule has 2 aliphatic rings. The quantitative estimate of drug-likeness (QED) is 0.268. The Balaban J connectivity index is 1.28. The lowest BCUT2D eigenvalue weighted by molar-refractivity contribution is 0.178. The highest BCUT2D eigenvalue weighted by atomic mass is 35.5. The van der Waals surface area contributed by atoms with Crippen LogP contribution in [0.3, 0.4) is 0 Å². The number of alkyl halides is 1. The number of rotatable bonds is 12. The number of nitrogens with one attached hydrogen (secondary N) is 3. The summed E-state index contributed by atoms with van der Waals surface area (Å²) in [5.41, 5.74) is 0.936. The molecule has 37 heavy (non-hydrogen) atoms. The molecule has 4 rings (SSSR count). The van der Waals surface area contributed by atoms with Crippen LogP contribution in [0.25, 0.3) is 0 Å². The van der Waals surface area contributed by atoms with Gasteiger partial charge in [-0.25, -0.2) is 13.8 Å². The number of halogens is 3. The fraction of sp³-hybridized carbons (Fsp3) is 0.655. The van der Waals surface area contributed by atoms with Crippen molar-refractivity contribution in [2.75, 3.05) is 30.3 Å². The van der Waals surface area contributed by atoms with Crippen molar-refractivity contribution < 1.29 is 8.78 Å². The van der Waals surface area contributed by atoms with Gasteiger partial charge in [0.1, 0.15) is 6.17 Å². The van der Waals surface area contributed by atoms with Crippen LogP contribution in [0.2, 0.25) is 5.02 Å². The number of hydrogen-bond acceptors (Lipinski definition) is 5. The summed E-state index contributed by atoms with van der Waals surface area (Å²) in [6.45, 7) is 5.44. The SMILES string of the molecule is CCCC1C[C@@H](CNC[C@H]2CC[C@H](F)CC2)C[C@H](CNc2nc(NCc3ccccc3Cl)ncc2F)C1. The van der Waals surface area contributed by atoms with Gasteiger partial charge in [0.25, 0.3) is 0 Å². The maximum Gasteiger partial charge on any atom is 0.225 e. The van der Waals surface area contributed by atoms with E-state index in [2.05, 4.69) is 32.8 Å². The highest BCUT2D eigenvalue weighted by Crippen LogP contribution is 2.36. The Morgan fingerprint density at radius 2 is 1.62 bits per heavy atom. The largest absolute Gasteiger partial charge is 0.367 e. The molecular formula is C29H42ClF2N5. The first-order chi connectivity index (χ1) is 18.0. The third kappa shape index (κ3) is 8.78. The minimum Gasteiger partial charge on any atom is -0.367 e. The molecule has 2 saturated carbocycles. The Labute approximate surface area is 225 Å². The lowest BCUT2D eigenvalue weighted by Crippen LogP contribution is -2.35. The number of nitrogens with zero attached hydrogens (tertiary/aromatic N) is 2. The first-order valence-corrected chi connectivity index (χ1v) is 14.5. The maximum absolute atomic E-state index is 14.5. The van der Waals surface area contributed by atoms with Crippen LogP contribution in [-0.2, 0) is 6.54 Å². The molecule has 0 spiro atoms. The van der Waals surface area contributed by atoms with Crippen molar-refractivity contribution in [3.8, 4) is 0 Å². The fourth-order valence-corrected chi connectivity index (χ4v) is 6.33. The number of benzene rings is 1. The second-order valence-corrected chi connectivity index (χ2v) is 11.5. The van der Waals surface area contributed by atoms with Gasteiger partial charge in [0, 0.05) is 18.1 Å². The standard InChI is InChI=1S/C29H42ClF2N5/c1-2-5-21-12-22(16-33-15-20-8-10-25(31)11-9-20)14-23(13-21)17-34-28-27(32)19-36-29(37-28)35-18-24-6-3-4-7-26(24)30/h3-4,6-7,19-23,25,33H,2,5,8-18H2,1H3,(H2,34,35,36,37)/t20-,21?,22-,23-,25-/m1/s1. The van der Waals surface area contributed by atoms with Crippen LogP contribution in [0.5, 0.6) is 0 Å². The molecule has 8 heteroatoms. The molecule has 0 amide bonds. The minimum absolute atomic E-state index is 0.243. The van der Waals surface area contributed by atoms with Gasteiger partial charge in [-0.3, -0.25) is 0 Å². The Hall–Kier alpha value is -1.99. The van der Waals surface area contributed by atoms with Gasteiger partial charge in [0.15, 0.2) is 11.6 Å². The summed E-state index contributed by atoms with van der Waals surface area (Å²) < 4.78 is 28.0. The van der Waals surface area contributed by atoms with Gasteiger partial charge in [-0.2, -0.15) is 4.98 Å². The molecule has 204 valence electrons. The highest BCUT2D eigenvalue weighted by molar-refractivity contribution is 6.31. The van der Waals surface area contributed by atoms with E-state index in [9.17, 15) is 8.78 Å². The molecule has 1 aromatic carbocycles. The molecular weight excluding hydrogens is 492 g/mol. The normalized spacial score (nSPS) is 26.1. The molecule has 1 heterocycles. The van der Waals surface area contributed by atoms with Gasteiger partial charge >= 0.3 is 0 Å². The summed E-state index contributed by atoms with van der Waals surface area (Å²) in [5.74, 6) is 2.60. The minimum atomic E-state index is -0.591. The molecule has 1 unspecified atom stereocenters. The molecule has 2 fully saturated rings. The number of aromatic nitrogens is 2. The molecule has 5 nitrogen and oxygen atoms in total. The Morgan fingerprint density at radius 3 is 2.38 bits per heavy atom. The van der Waals surface area contributed by atoms with Crippen molar-refractivity contribution in [3.63, 3.8) is 0 Å². The highest BCUT2D eigenvalue weighted by Gasteiger charge is 2.29. The van der Waals surface area contributed by atoms with Gasteiger partial charge in [0.05, 0.1) is 6.20 Å². The van der Waals surface area contributed by atoms with E-state index >= 15 is 0 Å². The van der Waals surface area contributed by atoms with Gasteiger partial charge in [0.2, 0.25) is 5.95 Å². The molecule has 0 saturated heterocycles. The van der Waals surface area contributed by atoms with Crippen LogP contribution in [0.1, 0.15) is 70.3 Å². The molecule has 3 atom stereocenters. The molecule has 1 aromatic heterocycles. The average molecular weight is 534 g/mol. The average Bonchev–Trinajstić information content (AvgIpc) is 2.89. The fourth-order valence-electron chi connectivity index (χ4n) is 6.13. The summed E-state index contributed by atoms with van der Waals surface area (Å²) in [6.07, 6.45) is 10.1. The van der Waals surface area contributed by atoms with Crippen LogP contribution in [-0.4, -0.2) is 35.8 Å². The van der Waals surface area contributed by atoms with Crippen molar-refractivity contribution in [1.29, 1.82) is 0 Å². The van der Waals surface area contributed by atoms with Crippen molar-refractivity contribution in [3.05, 3.63) is 46.9 Å². The first kappa shape index (κ1) is 28.0. The maximum atomic E-state index is 14.5. The predicted molar refractivity (Wildman–Crippen MR) is 148 cm³/mol. The summed E-state index contributed by atoms with van der Waals surface area (Å²) in [5, 5.41) is 10.8. The van der Waals surface area contributed by atoms with Crippen molar-refractivity contribution in [1.82, 2.24) is 15.3 Å². The van der Waals surface area contributed by atoms with Gasteiger partial charge in [-0.15, -0.1) is 0 Å². The topological polar surface area (TPSA) is 61.9 Å². The molecule has 2 aromatic rings. The Bertz CT molecular complexity index is 969. The van der Waals surface area contributed by atoms with Gasteiger partial charge in [-0.1, -0.05) is 49.6 Å². The zero-order valence-electron chi connectivity index (χ0n) is 22.0. The van der Waals surface area contributed by atoms with E-state index in [-0.39, 0.29) is 5.82 Å². The second kappa shape index (κ2) is 14.2. The zero-order valence-corrected chi connectivity index (χ0v) is 22.8. The van der Waals surface area contributed by atoms with Gasteiger partial charge < -0.3 is 16.0 Å². The van der Waals surface area contributed by atoms with E-state index in [1.165, 1.54) is 31.9 Å². The van der Waals surface area contributed by atoms with E-state index in [1.807, 2.05) is 24.3 Å². The zero-order chi connectivity index (χ0) is 26.0. The molecule has 0 radical (unpaired) electrons. The van der Waals surface area contributed by atoms with E-state index in [0.29, 0.717) is 47.7 Å². The summed E-state index contributed by atoms with van der Waals surface area (Å²) in [6, 6.07) is 7.59. The molecule has 3 N–H and O–H groups in total. The first-order valence-electron chi connectivity index (χ1n) is 14.1. The van der Waals surface area contributed by atoms with Crippen LogP contribution in [0.4, 0.5) is 20.5 Å². The third-order valence-corrected chi connectivity index (χ3v) is 8.41. The Morgan fingerprint density at radius 1 is 0.919 bits per heavy atom. The summed E-state index contributed by atoms with van der Waals surface area (Å²) in [7, 11) is 0. The van der Waals surface area contributed by atoms with E-state index < -0.39 is 12.0 Å². The number of anilines is 2. The van der Waals surface area contributed by atoms with E-state index in [0.717, 1.165) is 50.8 Å².